The average molecular weight is 481 g/mol. The van der Waals surface area contributed by atoms with Crippen molar-refractivity contribution < 1.29 is 13.9 Å². The Kier molecular flexibility index (Phi) is 7.96. The van der Waals surface area contributed by atoms with E-state index in [9.17, 15) is 9.18 Å². The van der Waals surface area contributed by atoms with Crippen molar-refractivity contribution >= 4 is 44.4 Å². The van der Waals surface area contributed by atoms with Gasteiger partial charge in [-0.25, -0.2) is 9.37 Å². The SMILES string of the molecule is CCOc1cccc2sc(N(Cc3ccccc3)C(=O)CCCSc3ccc(F)cc3)nc12. The van der Waals surface area contributed by atoms with E-state index in [-0.39, 0.29) is 11.7 Å². The molecule has 0 N–H and O–H groups in total. The van der Waals surface area contributed by atoms with Crippen molar-refractivity contribution in [1.29, 1.82) is 0 Å². The van der Waals surface area contributed by atoms with E-state index in [2.05, 4.69) is 0 Å². The number of nitrogens with zero attached hydrogens (tertiary/aromatic N) is 2. The molecule has 0 unspecified atom stereocenters. The number of para-hydroxylation sites is 1. The Morgan fingerprint density at radius 3 is 2.61 bits per heavy atom. The number of amides is 1. The third-order valence-corrected chi connectivity index (χ3v) is 7.15. The van der Waals surface area contributed by atoms with Crippen molar-refractivity contribution in [2.75, 3.05) is 17.3 Å². The highest BCUT2D eigenvalue weighted by atomic mass is 32.2. The fourth-order valence-corrected chi connectivity index (χ4v) is 5.26. The number of hydrogen-bond donors (Lipinski definition) is 0. The number of hydrogen-bond acceptors (Lipinski definition) is 5. The molecule has 33 heavy (non-hydrogen) atoms. The first-order valence-corrected chi connectivity index (χ1v) is 12.7. The van der Waals surface area contributed by atoms with Crippen LogP contribution >= 0.6 is 23.1 Å². The van der Waals surface area contributed by atoms with E-state index in [0.29, 0.717) is 24.7 Å². The molecule has 3 aromatic carbocycles. The molecule has 170 valence electrons. The summed E-state index contributed by atoms with van der Waals surface area (Å²) in [5, 5.41) is 0.678. The highest BCUT2D eigenvalue weighted by Crippen LogP contribution is 2.35. The smallest absolute Gasteiger partial charge is 0.229 e. The van der Waals surface area contributed by atoms with Gasteiger partial charge in [0.1, 0.15) is 17.1 Å². The number of carbonyl (C=O) groups excluding carboxylic acids is 1. The Morgan fingerprint density at radius 2 is 1.85 bits per heavy atom. The van der Waals surface area contributed by atoms with Gasteiger partial charge >= 0.3 is 0 Å². The van der Waals surface area contributed by atoms with Crippen molar-refractivity contribution in [3.63, 3.8) is 0 Å². The van der Waals surface area contributed by atoms with Crippen LogP contribution in [0, 0.1) is 5.82 Å². The van der Waals surface area contributed by atoms with Crippen molar-refractivity contribution in [2.24, 2.45) is 0 Å². The summed E-state index contributed by atoms with van der Waals surface area (Å²) in [4.78, 5) is 20.9. The van der Waals surface area contributed by atoms with Crippen LogP contribution in [-0.2, 0) is 11.3 Å². The summed E-state index contributed by atoms with van der Waals surface area (Å²) < 4.78 is 19.8. The number of anilines is 1. The van der Waals surface area contributed by atoms with Crippen LogP contribution in [-0.4, -0.2) is 23.3 Å². The summed E-state index contributed by atoms with van der Waals surface area (Å²) in [5.74, 6) is 1.32. The zero-order chi connectivity index (χ0) is 23.0. The summed E-state index contributed by atoms with van der Waals surface area (Å²) in [6.45, 7) is 2.97. The quantitative estimate of drug-likeness (QED) is 0.182. The van der Waals surface area contributed by atoms with Crippen LogP contribution in [0.15, 0.2) is 77.7 Å². The first-order chi connectivity index (χ1) is 16.1. The van der Waals surface area contributed by atoms with E-state index in [1.54, 1.807) is 28.8 Å². The lowest BCUT2D eigenvalue weighted by Crippen LogP contribution is -2.30. The second-order valence-corrected chi connectivity index (χ2v) is 9.58. The summed E-state index contributed by atoms with van der Waals surface area (Å²) >= 11 is 3.13. The molecule has 0 atom stereocenters. The Balaban J connectivity index is 1.49. The van der Waals surface area contributed by atoms with Crippen molar-refractivity contribution in [2.45, 2.75) is 31.2 Å². The van der Waals surface area contributed by atoms with Crippen LogP contribution in [0.4, 0.5) is 9.52 Å². The molecule has 1 aromatic heterocycles. The fraction of sp³-hybridized carbons (Fsp3) is 0.231. The Morgan fingerprint density at radius 1 is 1.06 bits per heavy atom. The molecular formula is C26H25FN2O2S2. The predicted octanol–water partition coefficient (Wildman–Crippen LogP) is 6.94. The number of rotatable bonds is 10. The molecule has 4 aromatic rings. The molecule has 0 saturated heterocycles. The lowest BCUT2D eigenvalue weighted by molar-refractivity contribution is -0.118. The minimum Gasteiger partial charge on any atom is -0.492 e. The second kappa shape index (κ2) is 11.3. The number of fused-ring (bicyclic) bond motifs is 1. The molecule has 0 aliphatic rings. The lowest BCUT2D eigenvalue weighted by Gasteiger charge is -2.20. The van der Waals surface area contributed by atoms with Gasteiger partial charge in [-0.2, -0.15) is 0 Å². The topological polar surface area (TPSA) is 42.4 Å². The lowest BCUT2D eigenvalue weighted by atomic mass is 10.2. The maximum atomic E-state index is 13.3. The Hall–Kier alpha value is -2.90. The van der Waals surface area contributed by atoms with Gasteiger partial charge in [0.2, 0.25) is 5.91 Å². The van der Waals surface area contributed by atoms with Crippen LogP contribution in [0.2, 0.25) is 0 Å². The number of thioether (sulfide) groups is 1. The number of ether oxygens (including phenoxy) is 1. The second-order valence-electron chi connectivity index (χ2n) is 7.40. The van der Waals surface area contributed by atoms with Gasteiger partial charge < -0.3 is 4.74 Å². The van der Waals surface area contributed by atoms with E-state index in [1.807, 2.05) is 55.5 Å². The molecular weight excluding hydrogens is 455 g/mol. The summed E-state index contributed by atoms with van der Waals surface area (Å²) in [7, 11) is 0. The molecule has 0 aliphatic heterocycles. The van der Waals surface area contributed by atoms with E-state index < -0.39 is 0 Å². The van der Waals surface area contributed by atoms with Crippen LogP contribution in [0.3, 0.4) is 0 Å². The highest BCUT2D eigenvalue weighted by molar-refractivity contribution is 7.99. The predicted molar refractivity (Wildman–Crippen MR) is 135 cm³/mol. The van der Waals surface area contributed by atoms with Gasteiger partial charge in [-0.1, -0.05) is 47.7 Å². The Labute approximate surface area is 201 Å². The number of aromatic nitrogens is 1. The maximum absolute atomic E-state index is 13.3. The van der Waals surface area contributed by atoms with Crippen LogP contribution < -0.4 is 9.64 Å². The zero-order valence-corrected chi connectivity index (χ0v) is 20.0. The van der Waals surface area contributed by atoms with Gasteiger partial charge in [-0.05, 0) is 61.1 Å². The van der Waals surface area contributed by atoms with Crippen LogP contribution in [0.25, 0.3) is 10.2 Å². The average Bonchev–Trinajstić information content (AvgIpc) is 3.27. The summed E-state index contributed by atoms with van der Waals surface area (Å²) in [5.41, 5.74) is 1.84. The van der Waals surface area contributed by atoms with Crippen LogP contribution in [0.1, 0.15) is 25.3 Å². The minimum absolute atomic E-state index is 0.0376. The largest absolute Gasteiger partial charge is 0.492 e. The first kappa shape index (κ1) is 23.3. The van der Waals surface area contributed by atoms with E-state index in [4.69, 9.17) is 9.72 Å². The molecule has 1 amide bonds. The van der Waals surface area contributed by atoms with Crippen molar-refractivity contribution in [3.05, 3.63) is 84.2 Å². The molecule has 4 rings (SSSR count). The maximum Gasteiger partial charge on any atom is 0.229 e. The molecule has 0 aliphatic carbocycles. The fourth-order valence-electron chi connectivity index (χ4n) is 3.41. The van der Waals surface area contributed by atoms with Crippen LogP contribution in [0.5, 0.6) is 5.75 Å². The van der Waals surface area contributed by atoms with Gasteiger partial charge in [0.15, 0.2) is 5.13 Å². The van der Waals surface area contributed by atoms with Gasteiger partial charge in [-0.3, -0.25) is 9.69 Å². The zero-order valence-electron chi connectivity index (χ0n) is 18.4. The number of benzene rings is 3. The monoisotopic (exact) mass is 480 g/mol. The molecule has 0 radical (unpaired) electrons. The number of thiazole rings is 1. The van der Waals surface area contributed by atoms with E-state index >= 15 is 0 Å². The van der Waals surface area contributed by atoms with Gasteiger partial charge in [0.25, 0.3) is 0 Å². The highest BCUT2D eigenvalue weighted by Gasteiger charge is 2.21. The molecule has 1 heterocycles. The first-order valence-electron chi connectivity index (χ1n) is 10.9. The minimum atomic E-state index is -0.241. The van der Waals surface area contributed by atoms with E-state index in [1.165, 1.54) is 23.5 Å². The third kappa shape index (κ3) is 6.12. The van der Waals surface area contributed by atoms with E-state index in [0.717, 1.165) is 38.6 Å². The number of halogens is 1. The normalized spacial score (nSPS) is 11.0. The van der Waals surface area contributed by atoms with Gasteiger partial charge in [-0.15, -0.1) is 11.8 Å². The van der Waals surface area contributed by atoms with Gasteiger partial charge in [0, 0.05) is 11.3 Å². The summed E-state index contributed by atoms with van der Waals surface area (Å²) in [6, 6.07) is 22.3. The molecule has 7 heteroatoms. The molecule has 0 bridgehead atoms. The number of carbonyl (C=O) groups is 1. The third-order valence-electron chi connectivity index (χ3n) is 5.00. The van der Waals surface area contributed by atoms with Crippen molar-refractivity contribution in [1.82, 2.24) is 4.98 Å². The molecule has 0 spiro atoms. The molecule has 0 fully saturated rings. The Bertz CT molecular complexity index is 1200. The standard InChI is InChI=1S/C26H25FN2O2S2/c1-2-31-22-10-6-11-23-25(22)28-26(33-23)29(18-19-8-4-3-5-9-19)24(30)12-7-17-32-21-15-13-20(27)14-16-21/h3-6,8-11,13-16H,2,7,12,17-18H2,1H3. The molecule has 0 saturated carbocycles. The van der Waals surface area contributed by atoms with Crippen molar-refractivity contribution in [3.8, 4) is 5.75 Å². The van der Waals surface area contributed by atoms with Gasteiger partial charge in [0.05, 0.1) is 17.9 Å². The summed E-state index contributed by atoms with van der Waals surface area (Å²) in [6.07, 6.45) is 1.14. The molecule has 4 nitrogen and oxygen atoms in total.